The Morgan fingerprint density at radius 3 is 2.47 bits per heavy atom. The Kier molecular flexibility index (Phi) is 5.73. The molecule has 0 atom stereocenters. The third-order valence-electron chi connectivity index (χ3n) is 5.37. The average molecular weight is 436 g/mol. The number of hydrogen-bond acceptors (Lipinski definition) is 4. The first-order valence-corrected chi connectivity index (χ1v) is 11.3. The first-order chi connectivity index (χ1) is 15.8. The number of thiazole rings is 1. The zero-order valence-electron chi connectivity index (χ0n) is 17.4. The Hall–Kier alpha value is -3.83. The van der Waals surface area contributed by atoms with Crippen LogP contribution in [-0.2, 0) is 13.1 Å². The van der Waals surface area contributed by atoms with Crippen LogP contribution in [0.5, 0.6) is 0 Å². The van der Waals surface area contributed by atoms with Crippen molar-refractivity contribution >= 4 is 27.5 Å². The molecule has 0 aliphatic rings. The third kappa shape index (κ3) is 4.43. The highest BCUT2D eigenvalue weighted by atomic mass is 32.1. The summed E-state index contributed by atoms with van der Waals surface area (Å²) in [5.74, 6) is -0.00531. The normalized spacial score (nSPS) is 10.9. The quantitative estimate of drug-likeness (QED) is 0.319. The molecule has 0 radical (unpaired) electrons. The van der Waals surface area contributed by atoms with Gasteiger partial charge in [0.05, 0.1) is 15.7 Å². The summed E-state index contributed by atoms with van der Waals surface area (Å²) >= 11 is 1.55. The van der Waals surface area contributed by atoms with Crippen molar-refractivity contribution in [2.45, 2.75) is 13.1 Å². The summed E-state index contributed by atoms with van der Waals surface area (Å²) in [6, 6.07) is 28.3. The number of benzene rings is 3. The van der Waals surface area contributed by atoms with Crippen molar-refractivity contribution in [1.29, 1.82) is 0 Å². The number of carbonyl (C=O) groups excluding carboxylic acids is 1. The Labute approximate surface area is 190 Å². The van der Waals surface area contributed by atoms with Crippen LogP contribution in [0.2, 0.25) is 0 Å². The highest BCUT2D eigenvalue weighted by Crippen LogP contribution is 2.24. The molecule has 2 heterocycles. The second-order valence-corrected chi connectivity index (χ2v) is 8.51. The Bertz CT molecular complexity index is 1350. The van der Waals surface area contributed by atoms with Crippen LogP contribution in [-0.4, -0.2) is 20.8 Å². The van der Waals surface area contributed by atoms with Gasteiger partial charge in [0.1, 0.15) is 0 Å². The van der Waals surface area contributed by atoms with Crippen molar-refractivity contribution in [2.24, 2.45) is 0 Å². The van der Waals surface area contributed by atoms with E-state index < -0.39 is 0 Å². The maximum Gasteiger partial charge on any atom is 0.254 e. The SMILES string of the molecule is O=C(c1ccc2ncsc2c1)N(Cc1cccnc1)Cc1cccc(-c2ccccc2)c1. The average Bonchev–Trinajstić information content (AvgIpc) is 3.33. The van der Waals surface area contributed by atoms with E-state index in [1.165, 1.54) is 0 Å². The second-order valence-electron chi connectivity index (χ2n) is 7.62. The summed E-state index contributed by atoms with van der Waals surface area (Å²) in [6.07, 6.45) is 3.56. The van der Waals surface area contributed by atoms with Crippen molar-refractivity contribution in [2.75, 3.05) is 0 Å². The standard InChI is InChI=1S/C27H21N3OS/c31-27(24-11-12-25-26(15-24)32-19-29-25)30(18-21-7-5-13-28-16-21)17-20-6-4-10-23(14-20)22-8-2-1-3-9-22/h1-16,19H,17-18H2. The Balaban J connectivity index is 1.46. The van der Waals surface area contributed by atoms with Gasteiger partial charge < -0.3 is 4.90 Å². The minimum absolute atomic E-state index is 0.00531. The Morgan fingerprint density at radius 1 is 0.812 bits per heavy atom. The van der Waals surface area contributed by atoms with E-state index >= 15 is 0 Å². The summed E-state index contributed by atoms with van der Waals surface area (Å²) in [7, 11) is 0. The van der Waals surface area contributed by atoms with Gasteiger partial charge in [-0.15, -0.1) is 11.3 Å². The van der Waals surface area contributed by atoms with Gasteiger partial charge in [-0.3, -0.25) is 9.78 Å². The van der Waals surface area contributed by atoms with Crippen LogP contribution < -0.4 is 0 Å². The maximum absolute atomic E-state index is 13.6. The van der Waals surface area contributed by atoms with Crippen LogP contribution in [0.15, 0.2) is 103 Å². The van der Waals surface area contributed by atoms with Crippen LogP contribution in [0.1, 0.15) is 21.5 Å². The lowest BCUT2D eigenvalue weighted by Crippen LogP contribution is -2.30. The van der Waals surface area contributed by atoms with E-state index in [0.29, 0.717) is 18.7 Å². The number of amides is 1. The number of fused-ring (bicyclic) bond motifs is 1. The van der Waals surface area contributed by atoms with Gasteiger partial charge in [0.15, 0.2) is 0 Å². The maximum atomic E-state index is 13.6. The van der Waals surface area contributed by atoms with Gasteiger partial charge in [-0.2, -0.15) is 0 Å². The van der Waals surface area contributed by atoms with Gasteiger partial charge in [0.25, 0.3) is 5.91 Å². The van der Waals surface area contributed by atoms with Crippen LogP contribution in [0, 0.1) is 0 Å². The minimum atomic E-state index is -0.00531. The lowest BCUT2D eigenvalue weighted by atomic mass is 10.0. The van der Waals surface area contributed by atoms with Crippen molar-refractivity contribution in [1.82, 2.24) is 14.9 Å². The number of pyridine rings is 1. The smallest absolute Gasteiger partial charge is 0.254 e. The molecule has 5 heteroatoms. The second kappa shape index (κ2) is 9.12. The first-order valence-electron chi connectivity index (χ1n) is 10.4. The topological polar surface area (TPSA) is 46.1 Å². The molecule has 0 spiro atoms. The van der Waals surface area contributed by atoms with E-state index in [9.17, 15) is 4.79 Å². The molecule has 0 bridgehead atoms. The zero-order chi connectivity index (χ0) is 21.8. The molecule has 0 saturated heterocycles. The van der Waals surface area contributed by atoms with Gasteiger partial charge in [0.2, 0.25) is 0 Å². The monoisotopic (exact) mass is 435 g/mol. The highest BCUT2D eigenvalue weighted by molar-refractivity contribution is 7.16. The van der Waals surface area contributed by atoms with Crippen LogP contribution in [0.25, 0.3) is 21.3 Å². The van der Waals surface area contributed by atoms with Crippen molar-refractivity contribution in [3.8, 4) is 11.1 Å². The molecule has 1 amide bonds. The number of aromatic nitrogens is 2. The fourth-order valence-electron chi connectivity index (χ4n) is 3.78. The summed E-state index contributed by atoms with van der Waals surface area (Å²) in [4.78, 5) is 24.0. The van der Waals surface area contributed by atoms with Crippen molar-refractivity contribution in [3.05, 3.63) is 120 Å². The number of carbonyl (C=O) groups is 1. The van der Waals surface area contributed by atoms with Crippen LogP contribution in [0.3, 0.4) is 0 Å². The predicted octanol–water partition coefficient (Wildman–Crippen LogP) is 6.20. The van der Waals surface area contributed by atoms with E-state index in [1.807, 2.05) is 65.7 Å². The molecule has 0 N–H and O–H groups in total. The Morgan fingerprint density at radius 2 is 1.62 bits per heavy atom. The number of rotatable bonds is 6. The molecular formula is C27H21N3OS. The summed E-state index contributed by atoms with van der Waals surface area (Å²) < 4.78 is 1.02. The van der Waals surface area contributed by atoms with E-state index in [4.69, 9.17) is 0 Å². The molecule has 0 fully saturated rings. The van der Waals surface area contributed by atoms with Crippen molar-refractivity contribution < 1.29 is 4.79 Å². The molecule has 156 valence electrons. The lowest BCUT2D eigenvalue weighted by Gasteiger charge is -2.23. The van der Waals surface area contributed by atoms with E-state index in [1.54, 1.807) is 23.0 Å². The van der Waals surface area contributed by atoms with Gasteiger partial charge in [-0.25, -0.2) is 4.98 Å². The van der Waals surface area contributed by atoms with Crippen LogP contribution >= 0.6 is 11.3 Å². The fourth-order valence-corrected chi connectivity index (χ4v) is 4.50. The van der Waals surface area contributed by atoms with Crippen LogP contribution in [0.4, 0.5) is 0 Å². The molecule has 4 nitrogen and oxygen atoms in total. The highest BCUT2D eigenvalue weighted by Gasteiger charge is 2.18. The molecule has 0 aliphatic heterocycles. The van der Waals surface area contributed by atoms with E-state index in [0.717, 1.165) is 32.5 Å². The third-order valence-corrected chi connectivity index (χ3v) is 6.16. The van der Waals surface area contributed by atoms with Gasteiger partial charge >= 0.3 is 0 Å². The van der Waals surface area contributed by atoms with Gasteiger partial charge in [0, 0.05) is 31.0 Å². The largest absolute Gasteiger partial charge is 0.330 e. The molecule has 0 saturated carbocycles. The molecule has 3 aromatic carbocycles. The van der Waals surface area contributed by atoms with E-state index in [-0.39, 0.29) is 5.91 Å². The molecule has 32 heavy (non-hydrogen) atoms. The minimum Gasteiger partial charge on any atom is -0.330 e. The van der Waals surface area contributed by atoms with E-state index in [2.05, 4.69) is 40.3 Å². The first kappa shape index (κ1) is 20.1. The van der Waals surface area contributed by atoms with Gasteiger partial charge in [-0.1, -0.05) is 54.6 Å². The predicted molar refractivity (Wildman–Crippen MR) is 129 cm³/mol. The molecular weight excluding hydrogens is 414 g/mol. The summed E-state index contributed by atoms with van der Waals surface area (Å²) in [5.41, 5.74) is 7.78. The molecule has 5 rings (SSSR count). The molecule has 2 aromatic heterocycles. The zero-order valence-corrected chi connectivity index (χ0v) is 18.2. The summed E-state index contributed by atoms with van der Waals surface area (Å²) in [5, 5.41) is 0. The molecule has 5 aromatic rings. The fraction of sp³-hybridized carbons (Fsp3) is 0.0741. The molecule has 0 unspecified atom stereocenters. The number of nitrogens with zero attached hydrogens (tertiary/aromatic N) is 3. The number of hydrogen-bond donors (Lipinski definition) is 0. The summed E-state index contributed by atoms with van der Waals surface area (Å²) in [6.45, 7) is 0.998. The van der Waals surface area contributed by atoms with Gasteiger partial charge in [-0.05, 0) is 52.6 Å². The van der Waals surface area contributed by atoms with Crippen molar-refractivity contribution in [3.63, 3.8) is 0 Å². The molecule has 0 aliphatic carbocycles. The lowest BCUT2D eigenvalue weighted by molar-refractivity contribution is 0.0730.